The van der Waals surface area contributed by atoms with Gasteiger partial charge < -0.3 is 25.0 Å². The topological polar surface area (TPSA) is 111 Å². The number of carboxylic acids is 1. The van der Waals surface area contributed by atoms with Crippen LogP contribution in [-0.4, -0.2) is 53.0 Å². The maximum absolute atomic E-state index is 14.7. The number of aromatic nitrogens is 2. The zero-order valence-corrected chi connectivity index (χ0v) is 14.2. The third kappa shape index (κ3) is 2.63. The minimum atomic E-state index is -1.33. The summed E-state index contributed by atoms with van der Waals surface area (Å²) in [5, 5.41) is 9.25. The van der Waals surface area contributed by atoms with E-state index in [1.807, 2.05) is 0 Å². The summed E-state index contributed by atoms with van der Waals surface area (Å²) in [5.41, 5.74) is 5.21. The van der Waals surface area contributed by atoms with Gasteiger partial charge in [0.25, 0.3) is 0 Å². The molecular formula is C17H19FN4O4. The second kappa shape index (κ2) is 6.03. The fourth-order valence-corrected chi connectivity index (χ4v) is 3.46. The summed E-state index contributed by atoms with van der Waals surface area (Å²) >= 11 is 0. The highest BCUT2D eigenvalue weighted by molar-refractivity contribution is 5.92. The van der Waals surface area contributed by atoms with Crippen molar-refractivity contribution in [2.75, 3.05) is 25.1 Å². The Balaban J connectivity index is 1.89. The molecule has 2 atom stereocenters. The molecule has 0 amide bonds. The van der Waals surface area contributed by atoms with Crippen LogP contribution in [0.3, 0.4) is 0 Å². The van der Waals surface area contributed by atoms with Crippen molar-refractivity contribution in [2.45, 2.75) is 31.0 Å². The lowest BCUT2D eigenvalue weighted by Crippen LogP contribution is -2.34. The number of pyridine rings is 2. The summed E-state index contributed by atoms with van der Waals surface area (Å²) in [6, 6.07) is 0.892. The Morgan fingerprint density at radius 1 is 1.42 bits per heavy atom. The second-order valence-corrected chi connectivity index (χ2v) is 6.82. The molecule has 1 saturated heterocycles. The second-order valence-electron chi connectivity index (χ2n) is 6.82. The smallest absolute Gasteiger partial charge is 0.341 e. The van der Waals surface area contributed by atoms with E-state index in [9.17, 15) is 19.1 Å². The number of aromatic carboxylic acids is 1. The van der Waals surface area contributed by atoms with Crippen LogP contribution in [0.5, 0.6) is 0 Å². The Hall–Kier alpha value is -2.52. The highest BCUT2D eigenvalue weighted by Crippen LogP contribution is 2.37. The molecule has 1 saturated carbocycles. The molecular weight excluding hydrogens is 343 g/mol. The highest BCUT2D eigenvalue weighted by Gasteiger charge is 2.34. The van der Waals surface area contributed by atoms with Gasteiger partial charge in [0.1, 0.15) is 11.2 Å². The molecule has 0 spiro atoms. The third-order valence-corrected chi connectivity index (χ3v) is 5.02. The number of nitrogens with zero attached hydrogens (tertiary/aromatic N) is 3. The predicted molar refractivity (Wildman–Crippen MR) is 92.2 cm³/mol. The van der Waals surface area contributed by atoms with E-state index in [-0.39, 0.29) is 35.0 Å². The molecule has 0 radical (unpaired) electrons. The van der Waals surface area contributed by atoms with Gasteiger partial charge in [0.2, 0.25) is 5.43 Å². The first-order valence-corrected chi connectivity index (χ1v) is 8.42. The van der Waals surface area contributed by atoms with Crippen molar-refractivity contribution < 1.29 is 19.0 Å². The number of fused-ring (bicyclic) bond motifs is 1. The predicted octanol–water partition coefficient (Wildman–Crippen LogP) is 0.731. The van der Waals surface area contributed by atoms with Crippen LogP contribution >= 0.6 is 0 Å². The van der Waals surface area contributed by atoms with Gasteiger partial charge in [0.05, 0.1) is 17.5 Å². The number of nitrogens with two attached hydrogens (primary N) is 1. The fraction of sp³-hybridized carbons (Fsp3) is 0.471. The number of hydrogen-bond donors (Lipinski definition) is 2. The normalized spacial score (nSPS) is 23.0. The molecule has 3 heterocycles. The Kier molecular flexibility index (Phi) is 3.92. The average Bonchev–Trinajstić information content (AvgIpc) is 3.37. The van der Waals surface area contributed by atoms with E-state index in [0.29, 0.717) is 18.7 Å². The van der Waals surface area contributed by atoms with Gasteiger partial charge >= 0.3 is 5.97 Å². The highest BCUT2D eigenvalue weighted by atomic mass is 19.1. The molecule has 0 unspecified atom stereocenters. The first-order chi connectivity index (χ1) is 12.4. The van der Waals surface area contributed by atoms with Crippen LogP contribution < -0.4 is 16.1 Å². The molecule has 2 aromatic heterocycles. The van der Waals surface area contributed by atoms with Crippen molar-refractivity contribution in [1.29, 1.82) is 0 Å². The number of rotatable bonds is 4. The van der Waals surface area contributed by atoms with Crippen molar-refractivity contribution in [3.63, 3.8) is 0 Å². The van der Waals surface area contributed by atoms with E-state index in [1.165, 1.54) is 6.20 Å². The van der Waals surface area contributed by atoms with Crippen molar-refractivity contribution in [3.05, 3.63) is 33.9 Å². The molecule has 2 aromatic rings. The number of halogens is 1. The minimum Gasteiger partial charge on any atom is -0.477 e. The zero-order chi connectivity index (χ0) is 18.6. The summed E-state index contributed by atoms with van der Waals surface area (Å²) in [5.74, 6) is -1.91. The zero-order valence-electron chi connectivity index (χ0n) is 14.2. The molecule has 2 fully saturated rings. The number of anilines is 1. The van der Waals surface area contributed by atoms with Gasteiger partial charge in [-0.2, -0.15) is 0 Å². The minimum absolute atomic E-state index is 0.0233. The van der Waals surface area contributed by atoms with Crippen LogP contribution in [0, 0.1) is 5.82 Å². The van der Waals surface area contributed by atoms with Crippen molar-refractivity contribution in [1.82, 2.24) is 9.55 Å². The lowest BCUT2D eigenvalue weighted by Gasteiger charge is -2.19. The van der Waals surface area contributed by atoms with E-state index in [2.05, 4.69) is 4.98 Å². The van der Waals surface area contributed by atoms with Crippen LogP contribution in [0.15, 0.2) is 17.1 Å². The molecule has 4 rings (SSSR count). The van der Waals surface area contributed by atoms with E-state index in [4.69, 9.17) is 10.5 Å². The molecule has 138 valence electrons. The van der Waals surface area contributed by atoms with Gasteiger partial charge in [-0.3, -0.25) is 4.79 Å². The number of carboxylic acid groups (broad SMARTS) is 1. The van der Waals surface area contributed by atoms with E-state index < -0.39 is 17.2 Å². The summed E-state index contributed by atoms with van der Waals surface area (Å²) in [7, 11) is 1.55. The lowest BCUT2D eigenvalue weighted by atomic mass is 10.2. The first-order valence-electron chi connectivity index (χ1n) is 8.42. The number of methoxy groups -OCH3 is 1. The Bertz CT molecular complexity index is 956. The van der Waals surface area contributed by atoms with Crippen molar-refractivity contribution in [3.8, 4) is 0 Å². The summed E-state index contributed by atoms with van der Waals surface area (Å²) in [6.07, 6.45) is 2.82. The molecule has 9 heteroatoms. The van der Waals surface area contributed by atoms with Gasteiger partial charge in [0.15, 0.2) is 11.6 Å². The third-order valence-electron chi connectivity index (χ3n) is 5.02. The Morgan fingerprint density at radius 3 is 2.73 bits per heavy atom. The molecule has 8 nitrogen and oxygen atoms in total. The van der Waals surface area contributed by atoms with E-state index >= 15 is 0 Å². The molecule has 0 bridgehead atoms. The Morgan fingerprint density at radius 2 is 2.15 bits per heavy atom. The summed E-state index contributed by atoms with van der Waals surface area (Å²) < 4.78 is 21.7. The van der Waals surface area contributed by atoms with Crippen LogP contribution in [0.1, 0.15) is 29.2 Å². The Labute approximate surface area is 148 Å². The maximum Gasteiger partial charge on any atom is 0.341 e. The van der Waals surface area contributed by atoms with Gasteiger partial charge in [0, 0.05) is 32.4 Å². The van der Waals surface area contributed by atoms with Crippen LogP contribution in [0.2, 0.25) is 0 Å². The molecule has 2 aliphatic rings. The van der Waals surface area contributed by atoms with Crippen molar-refractivity contribution >= 4 is 22.8 Å². The largest absolute Gasteiger partial charge is 0.477 e. The summed E-state index contributed by atoms with van der Waals surface area (Å²) in [6.45, 7) is 0.781. The molecule has 26 heavy (non-hydrogen) atoms. The molecule has 3 N–H and O–H groups in total. The SMILES string of the molecule is CO[C@@H]1CN(c2nc3c(cc2F)c(=O)c(C(=O)O)cn3C2CC2)C[C@@H]1N. The number of carbonyl (C=O) groups is 1. The van der Waals surface area contributed by atoms with Gasteiger partial charge in [-0.15, -0.1) is 0 Å². The van der Waals surface area contributed by atoms with Gasteiger partial charge in [-0.25, -0.2) is 14.2 Å². The van der Waals surface area contributed by atoms with Crippen molar-refractivity contribution in [2.24, 2.45) is 5.73 Å². The average molecular weight is 362 g/mol. The van der Waals surface area contributed by atoms with Gasteiger partial charge in [-0.05, 0) is 18.9 Å². The molecule has 0 aromatic carbocycles. The monoisotopic (exact) mass is 362 g/mol. The van der Waals surface area contributed by atoms with E-state index in [0.717, 1.165) is 18.9 Å². The standard InChI is InChI=1S/C17H19FN4O4/c1-26-13-7-21(6-12(13)19)16-11(18)4-9-14(23)10(17(24)25)5-22(8-2-3-8)15(9)20-16/h4-5,8,12-13H,2-3,6-7,19H2,1H3,(H,24,25)/t12-,13+/m0/s1. The number of hydrogen-bond acceptors (Lipinski definition) is 6. The lowest BCUT2D eigenvalue weighted by molar-refractivity contribution is 0.0695. The molecule has 1 aliphatic carbocycles. The fourth-order valence-electron chi connectivity index (χ4n) is 3.46. The number of ether oxygens (including phenoxy) is 1. The van der Waals surface area contributed by atoms with Crippen LogP contribution in [-0.2, 0) is 4.74 Å². The van der Waals surface area contributed by atoms with E-state index in [1.54, 1.807) is 16.6 Å². The van der Waals surface area contributed by atoms with Crippen LogP contribution in [0.4, 0.5) is 10.2 Å². The van der Waals surface area contributed by atoms with Crippen LogP contribution in [0.25, 0.3) is 11.0 Å². The molecule has 1 aliphatic heterocycles. The first kappa shape index (κ1) is 16.9. The summed E-state index contributed by atoms with van der Waals surface area (Å²) in [4.78, 5) is 29.9. The maximum atomic E-state index is 14.7. The quantitative estimate of drug-likeness (QED) is 0.825. The van der Waals surface area contributed by atoms with Gasteiger partial charge in [-0.1, -0.05) is 0 Å².